The van der Waals surface area contributed by atoms with Crippen molar-refractivity contribution in [1.82, 2.24) is 29.8 Å². The zero-order valence-electron chi connectivity index (χ0n) is 29.2. The summed E-state index contributed by atoms with van der Waals surface area (Å²) in [5, 5.41) is 10.6. The first-order chi connectivity index (χ1) is 22.8. The maximum Gasteiger partial charge on any atom is 0.321 e. The smallest absolute Gasteiger partial charge is 0.321 e. The average Bonchev–Trinajstić information content (AvgIpc) is 3.46. The van der Waals surface area contributed by atoms with E-state index in [2.05, 4.69) is 36.3 Å². The normalized spacial score (nSPS) is 19.5. The minimum absolute atomic E-state index is 0.0868. The van der Waals surface area contributed by atoms with Crippen molar-refractivity contribution in [2.75, 3.05) is 64.6 Å². The van der Waals surface area contributed by atoms with Crippen molar-refractivity contribution < 1.29 is 18.8 Å². The second-order valence-corrected chi connectivity index (χ2v) is 13.8. The fourth-order valence-electron chi connectivity index (χ4n) is 6.59. The number of likely N-dealkylation sites (tertiary alicyclic amines) is 1. The number of urea groups is 1. The van der Waals surface area contributed by atoms with E-state index in [-0.39, 0.29) is 35.7 Å². The Morgan fingerprint density at radius 1 is 1.02 bits per heavy atom. The molecule has 2 aliphatic heterocycles. The van der Waals surface area contributed by atoms with Gasteiger partial charge in [0, 0.05) is 99.9 Å². The fraction of sp³-hybridized carbons (Fsp3) is 0.500. The molecule has 2 N–H and O–H groups in total. The molecule has 1 aromatic heterocycles. The van der Waals surface area contributed by atoms with Gasteiger partial charge in [0.1, 0.15) is 6.17 Å². The van der Waals surface area contributed by atoms with Crippen LogP contribution in [0.2, 0.25) is 0 Å². The van der Waals surface area contributed by atoms with E-state index in [0.717, 1.165) is 42.0 Å². The first-order valence-electron chi connectivity index (χ1n) is 16.7. The van der Waals surface area contributed by atoms with Crippen LogP contribution in [0.15, 0.2) is 48.5 Å². The molecule has 2 aromatic carbocycles. The average molecular weight is 661 g/mol. The zero-order chi connectivity index (χ0) is 34.7. The van der Waals surface area contributed by atoms with E-state index in [0.29, 0.717) is 43.1 Å². The topological polar surface area (TPSA) is 106 Å². The van der Waals surface area contributed by atoms with Crippen molar-refractivity contribution in [3.05, 3.63) is 76.6 Å². The molecular weight excluding hydrogens is 611 g/mol. The Morgan fingerprint density at radius 3 is 2.33 bits per heavy atom. The zero-order valence-corrected chi connectivity index (χ0v) is 29.2. The van der Waals surface area contributed by atoms with E-state index in [1.807, 2.05) is 65.2 Å². The number of rotatable bonds is 9. The molecule has 258 valence electrons. The monoisotopic (exact) mass is 660 g/mol. The molecule has 0 bridgehead atoms. The van der Waals surface area contributed by atoms with Crippen LogP contribution in [-0.2, 0) is 13.1 Å². The van der Waals surface area contributed by atoms with E-state index in [4.69, 9.17) is 5.10 Å². The van der Waals surface area contributed by atoms with Crippen molar-refractivity contribution in [2.24, 2.45) is 5.92 Å². The summed E-state index contributed by atoms with van der Waals surface area (Å²) in [6, 6.07) is 14.8. The van der Waals surface area contributed by atoms with Gasteiger partial charge in [-0.25, -0.2) is 9.18 Å². The molecular formula is C36H49FN8O3. The number of anilines is 2. The van der Waals surface area contributed by atoms with E-state index < -0.39 is 6.17 Å². The summed E-state index contributed by atoms with van der Waals surface area (Å²) in [5.41, 5.74) is 5.48. The third-order valence-corrected chi connectivity index (χ3v) is 9.34. The Balaban J connectivity index is 1.26. The molecule has 3 atom stereocenters. The van der Waals surface area contributed by atoms with Gasteiger partial charge >= 0.3 is 6.03 Å². The molecule has 0 radical (unpaired) electrons. The Hall–Kier alpha value is -4.45. The molecule has 1 saturated heterocycles. The van der Waals surface area contributed by atoms with Gasteiger partial charge < -0.3 is 30.2 Å². The number of aromatic nitrogens is 2. The first-order valence-corrected chi connectivity index (χ1v) is 16.7. The lowest BCUT2D eigenvalue weighted by Gasteiger charge is -2.35. The number of hydrogen-bond donors (Lipinski definition) is 2. The number of amides is 4. The molecule has 0 aliphatic carbocycles. The van der Waals surface area contributed by atoms with Crippen molar-refractivity contribution in [2.45, 2.75) is 58.4 Å². The summed E-state index contributed by atoms with van der Waals surface area (Å²) in [4.78, 5) is 46.1. The summed E-state index contributed by atoms with van der Waals surface area (Å²) >= 11 is 0. The van der Waals surface area contributed by atoms with Crippen molar-refractivity contribution >= 4 is 29.2 Å². The van der Waals surface area contributed by atoms with Crippen LogP contribution in [0, 0.1) is 5.92 Å². The highest BCUT2D eigenvalue weighted by molar-refractivity contribution is 5.95. The second-order valence-electron chi connectivity index (χ2n) is 13.8. The maximum atomic E-state index is 14.6. The number of fused-ring (bicyclic) bond motifs is 1. The number of hydrogen-bond acceptors (Lipinski definition) is 6. The van der Waals surface area contributed by atoms with E-state index in [1.165, 1.54) is 4.90 Å². The van der Waals surface area contributed by atoms with Crippen LogP contribution in [0.1, 0.15) is 76.8 Å². The third-order valence-electron chi connectivity index (χ3n) is 9.34. The predicted molar refractivity (Wildman–Crippen MR) is 186 cm³/mol. The van der Waals surface area contributed by atoms with Gasteiger partial charge in [-0.15, -0.1) is 0 Å². The van der Waals surface area contributed by atoms with Gasteiger partial charge in [0.05, 0.1) is 0 Å². The number of alkyl halides is 1. The van der Waals surface area contributed by atoms with Gasteiger partial charge in [-0.3, -0.25) is 14.3 Å². The quantitative estimate of drug-likeness (QED) is 0.336. The van der Waals surface area contributed by atoms with E-state index in [1.54, 1.807) is 26.0 Å². The molecule has 0 spiro atoms. The highest BCUT2D eigenvalue weighted by atomic mass is 19.1. The summed E-state index contributed by atoms with van der Waals surface area (Å²) < 4.78 is 16.6. The fourth-order valence-corrected chi connectivity index (χ4v) is 6.59. The molecule has 0 unspecified atom stereocenters. The van der Waals surface area contributed by atoms with Crippen LogP contribution in [-0.4, -0.2) is 103 Å². The molecule has 0 saturated carbocycles. The SMILES string of the molecule is CC(C)n1nc(C(=O)NCc2ccc(NC(=O)N(C)C)cc2)c2c1[C@@H](C)CN(c1ccc(C(=O)N(C)C[C@@H]3CCN(C)C[C@@H]3F)cc1)C2. The molecule has 3 aromatic rings. The van der Waals surface area contributed by atoms with Crippen molar-refractivity contribution in [1.29, 1.82) is 0 Å². The van der Waals surface area contributed by atoms with Gasteiger partial charge in [-0.05, 0) is 75.8 Å². The Morgan fingerprint density at radius 2 is 1.71 bits per heavy atom. The van der Waals surface area contributed by atoms with Crippen LogP contribution in [0.5, 0.6) is 0 Å². The van der Waals surface area contributed by atoms with Gasteiger partial charge in [0.25, 0.3) is 11.8 Å². The number of piperidine rings is 1. The van der Waals surface area contributed by atoms with Crippen LogP contribution in [0.25, 0.3) is 0 Å². The number of halogens is 1. The maximum absolute atomic E-state index is 14.6. The molecule has 3 heterocycles. The highest BCUT2D eigenvalue weighted by Crippen LogP contribution is 2.35. The number of benzene rings is 2. The molecule has 48 heavy (non-hydrogen) atoms. The summed E-state index contributed by atoms with van der Waals surface area (Å²) in [5.74, 6) is -0.397. The molecule has 2 aliphatic rings. The molecule has 11 nitrogen and oxygen atoms in total. The van der Waals surface area contributed by atoms with Crippen molar-refractivity contribution in [3.8, 4) is 0 Å². The van der Waals surface area contributed by atoms with Gasteiger partial charge in [0.2, 0.25) is 0 Å². The van der Waals surface area contributed by atoms with Gasteiger partial charge in [-0.1, -0.05) is 19.1 Å². The van der Waals surface area contributed by atoms with Gasteiger partial charge in [0.15, 0.2) is 5.69 Å². The van der Waals surface area contributed by atoms with E-state index >= 15 is 0 Å². The lowest BCUT2D eigenvalue weighted by atomic mass is 9.94. The highest BCUT2D eigenvalue weighted by Gasteiger charge is 2.33. The number of nitrogens with zero attached hydrogens (tertiary/aromatic N) is 6. The summed E-state index contributed by atoms with van der Waals surface area (Å²) in [7, 11) is 7.03. The Bertz CT molecular complexity index is 1600. The minimum atomic E-state index is -0.936. The van der Waals surface area contributed by atoms with Crippen LogP contribution in [0.3, 0.4) is 0 Å². The largest absolute Gasteiger partial charge is 0.366 e. The lowest BCUT2D eigenvalue weighted by Crippen LogP contribution is -2.44. The third kappa shape index (κ3) is 7.81. The van der Waals surface area contributed by atoms with E-state index in [9.17, 15) is 18.8 Å². The van der Waals surface area contributed by atoms with Crippen LogP contribution in [0.4, 0.5) is 20.6 Å². The molecule has 12 heteroatoms. The summed E-state index contributed by atoms with van der Waals surface area (Å²) in [6.07, 6.45) is -0.197. The van der Waals surface area contributed by atoms with Crippen LogP contribution >= 0.6 is 0 Å². The standard InChI is InChI=1S/C36H49FN8O3/c1-23(2)45-33-24(3)19-44(29-14-10-26(11-15-29)35(47)43(7)20-27-16-17-42(6)22-31(27)37)21-30(33)32(40-45)34(46)38-18-25-8-12-28(13-9-25)39-36(48)41(4)5/h8-15,23-24,27,31H,16-22H2,1-7H3,(H,38,46)(H,39,48)/t24-,27-,31-/m0/s1. The molecule has 5 rings (SSSR count). The number of nitrogens with one attached hydrogen (secondary N) is 2. The molecule has 4 amide bonds. The summed E-state index contributed by atoms with van der Waals surface area (Å²) in [6.45, 7) is 9.49. The van der Waals surface area contributed by atoms with Gasteiger partial charge in [-0.2, -0.15) is 5.10 Å². The van der Waals surface area contributed by atoms with Crippen LogP contribution < -0.4 is 15.5 Å². The molecule has 1 fully saturated rings. The second kappa shape index (κ2) is 14.8. The predicted octanol–water partition coefficient (Wildman–Crippen LogP) is 4.97. The number of carbonyl (C=O) groups excluding carboxylic acids is 3. The number of carbonyl (C=O) groups is 3. The lowest BCUT2D eigenvalue weighted by molar-refractivity contribution is 0.0605. The Kier molecular flexibility index (Phi) is 10.7. The Labute approximate surface area is 283 Å². The van der Waals surface area contributed by atoms with Crippen molar-refractivity contribution in [3.63, 3.8) is 0 Å². The first kappa shape index (κ1) is 34.9. The minimum Gasteiger partial charge on any atom is -0.366 e.